The van der Waals surface area contributed by atoms with Gasteiger partial charge in [0.15, 0.2) is 0 Å². The highest BCUT2D eigenvalue weighted by atomic mass is 15.2. The van der Waals surface area contributed by atoms with Crippen molar-refractivity contribution in [3.05, 3.63) is 35.4 Å². The molecule has 2 N–H and O–H groups in total. The standard InChI is InChI=1S/C15H24N2/c1-12-6-8-14(9-7-12)11-17-10-4-3-5-15(17)13(2)16/h6-9,13,15H,3-5,10-11,16H2,1-2H3. The highest BCUT2D eigenvalue weighted by molar-refractivity contribution is 5.21. The van der Waals surface area contributed by atoms with E-state index in [0.717, 1.165) is 6.54 Å². The van der Waals surface area contributed by atoms with Crippen molar-refractivity contribution in [2.75, 3.05) is 6.54 Å². The second kappa shape index (κ2) is 5.65. The van der Waals surface area contributed by atoms with E-state index < -0.39 is 0 Å². The summed E-state index contributed by atoms with van der Waals surface area (Å²) < 4.78 is 0. The lowest BCUT2D eigenvalue weighted by molar-refractivity contribution is 0.123. The van der Waals surface area contributed by atoms with Crippen molar-refractivity contribution in [2.24, 2.45) is 5.73 Å². The van der Waals surface area contributed by atoms with Gasteiger partial charge in [-0.15, -0.1) is 0 Å². The molecule has 94 valence electrons. The lowest BCUT2D eigenvalue weighted by Crippen LogP contribution is -2.48. The third-order valence-electron chi connectivity index (χ3n) is 3.78. The summed E-state index contributed by atoms with van der Waals surface area (Å²) in [4.78, 5) is 2.55. The van der Waals surface area contributed by atoms with Gasteiger partial charge in [0.25, 0.3) is 0 Å². The van der Waals surface area contributed by atoms with Gasteiger partial charge in [-0.1, -0.05) is 36.2 Å². The van der Waals surface area contributed by atoms with E-state index in [1.165, 1.54) is 36.9 Å². The van der Waals surface area contributed by atoms with Crippen LogP contribution in [0.25, 0.3) is 0 Å². The second-order valence-corrected chi connectivity index (χ2v) is 5.38. The molecule has 2 nitrogen and oxygen atoms in total. The van der Waals surface area contributed by atoms with Gasteiger partial charge < -0.3 is 5.73 Å². The van der Waals surface area contributed by atoms with Gasteiger partial charge in [0, 0.05) is 18.6 Å². The molecule has 0 spiro atoms. The van der Waals surface area contributed by atoms with Crippen molar-refractivity contribution < 1.29 is 0 Å². The lowest BCUT2D eigenvalue weighted by atomic mass is 9.96. The number of likely N-dealkylation sites (tertiary alicyclic amines) is 1. The molecule has 0 saturated carbocycles. The Morgan fingerprint density at radius 3 is 2.65 bits per heavy atom. The minimum atomic E-state index is 0.278. The van der Waals surface area contributed by atoms with Crippen molar-refractivity contribution >= 4 is 0 Å². The minimum Gasteiger partial charge on any atom is -0.327 e. The maximum Gasteiger partial charge on any atom is 0.0248 e. The first-order valence-corrected chi connectivity index (χ1v) is 6.72. The molecule has 2 unspecified atom stereocenters. The monoisotopic (exact) mass is 232 g/mol. The Hall–Kier alpha value is -0.860. The van der Waals surface area contributed by atoms with Crippen LogP contribution in [-0.2, 0) is 6.54 Å². The van der Waals surface area contributed by atoms with Crippen molar-refractivity contribution in [2.45, 2.75) is 51.7 Å². The molecule has 1 aliphatic rings. The molecule has 2 heteroatoms. The number of nitrogens with two attached hydrogens (primary N) is 1. The highest BCUT2D eigenvalue weighted by Crippen LogP contribution is 2.21. The van der Waals surface area contributed by atoms with Crippen molar-refractivity contribution in [1.29, 1.82) is 0 Å². The molecule has 2 rings (SSSR count). The topological polar surface area (TPSA) is 29.3 Å². The fourth-order valence-electron chi connectivity index (χ4n) is 2.74. The molecule has 1 fully saturated rings. The summed E-state index contributed by atoms with van der Waals surface area (Å²) in [5.74, 6) is 0. The Kier molecular flexibility index (Phi) is 4.19. The number of nitrogens with zero attached hydrogens (tertiary/aromatic N) is 1. The van der Waals surface area contributed by atoms with E-state index in [4.69, 9.17) is 5.73 Å². The molecule has 1 aliphatic heterocycles. The van der Waals surface area contributed by atoms with Crippen LogP contribution in [-0.4, -0.2) is 23.5 Å². The van der Waals surface area contributed by atoms with Crippen molar-refractivity contribution in [3.8, 4) is 0 Å². The molecular formula is C15H24N2. The zero-order valence-electron chi connectivity index (χ0n) is 11.0. The maximum absolute atomic E-state index is 6.09. The Balaban J connectivity index is 2.02. The predicted molar refractivity (Wildman–Crippen MR) is 72.9 cm³/mol. The molecular weight excluding hydrogens is 208 g/mol. The van der Waals surface area contributed by atoms with Crippen molar-refractivity contribution in [3.63, 3.8) is 0 Å². The Labute approximate surface area is 105 Å². The number of rotatable bonds is 3. The van der Waals surface area contributed by atoms with Crippen LogP contribution in [0, 0.1) is 6.92 Å². The van der Waals surface area contributed by atoms with E-state index in [9.17, 15) is 0 Å². The van der Waals surface area contributed by atoms with Crippen LogP contribution >= 0.6 is 0 Å². The molecule has 0 aromatic heterocycles. The molecule has 1 aromatic rings. The highest BCUT2D eigenvalue weighted by Gasteiger charge is 2.25. The number of hydrogen-bond donors (Lipinski definition) is 1. The summed E-state index contributed by atoms with van der Waals surface area (Å²) >= 11 is 0. The SMILES string of the molecule is Cc1ccc(CN2CCCCC2C(C)N)cc1. The van der Waals surface area contributed by atoms with Crippen LogP contribution in [0.4, 0.5) is 0 Å². The van der Waals surface area contributed by atoms with Gasteiger partial charge in [-0.05, 0) is 38.8 Å². The molecule has 1 aromatic carbocycles. The Morgan fingerprint density at radius 1 is 1.29 bits per heavy atom. The molecule has 1 heterocycles. The average molecular weight is 232 g/mol. The van der Waals surface area contributed by atoms with E-state index in [0.29, 0.717) is 6.04 Å². The van der Waals surface area contributed by atoms with Gasteiger partial charge >= 0.3 is 0 Å². The lowest BCUT2D eigenvalue weighted by Gasteiger charge is -2.38. The minimum absolute atomic E-state index is 0.278. The molecule has 17 heavy (non-hydrogen) atoms. The zero-order chi connectivity index (χ0) is 12.3. The molecule has 1 saturated heterocycles. The third kappa shape index (κ3) is 3.30. The first kappa shape index (κ1) is 12.6. The van der Waals surface area contributed by atoms with E-state index >= 15 is 0 Å². The second-order valence-electron chi connectivity index (χ2n) is 5.38. The number of aryl methyl sites for hydroxylation is 1. The Morgan fingerprint density at radius 2 is 2.00 bits per heavy atom. The van der Waals surface area contributed by atoms with Gasteiger partial charge in [0.05, 0.1) is 0 Å². The van der Waals surface area contributed by atoms with Crippen LogP contribution in [0.1, 0.15) is 37.3 Å². The quantitative estimate of drug-likeness (QED) is 0.868. The first-order valence-electron chi connectivity index (χ1n) is 6.72. The molecule has 0 amide bonds. The summed E-state index contributed by atoms with van der Waals surface area (Å²) in [7, 11) is 0. The number of piperidine rings is 1. The summed E-state index contributed by atoms with van der Waals surface area (Å²) in [6.45, 7) is 6.51. The fourth-order valence-corrected chi connectivity index (χ4v) is 2.74. The smallest absolute Gasteiger partial charge is 0.0248 e. The molecule has 2 atom stereocenters. The van der Waals surface area contributed by atoms with Crippen LogP contribution in [0.2, 0.25) is 0 Å². The van der Waals surface area contributed by atoms with Crippen LogP contribution in [0.3, 0.4) is 0 Å². The van der Waals surface area contributed by atoms with Gasteiger partial charge in [0.2, 0.25) is 0 Å². The fraction of sp³-hybridized carbons (Fsp3) is 0.600. The van der Waals surface area contributed by atoms with Gasteiger partial charge in [-0.3, -0.25) is 4.90 Å². The largest absolute Gasteiger partial charge is 0.327 e. The van der Waals surface area contributed by atoms with Gasteiger partial charge in [0.1, 0.15) is 0 Å². The predicted octanol–water partition coefficient (Wildman–Crippen LogP) is 2.70. The summed E-state index contributed by atoms with van der Waals surface area (Å²) in [5, 5.41) is 0. The molecule has 0 aliphatic carbocycles. The molecule has 0 radical (unpaired) electrons. The third-order valence-corrected chi connectivity index (χ3v) is 3.78. The maximum atomic E-state index is 6.09. The van der Waals surface area contributed by atoms with Crippen LogP contribution < -0.4 is 5.73 Å². The van der Waals surface area contributed by atoms with E-state index in [1.807, 2.05) is 0 Å². The van der Waals surface area contributed by atoms with Gasteiger partial charge in [-0.25, -0.2) is 0 Å². The molecule has 0 bridgehead atoms. The van der Waals surface area contributed by atoms with E-state index in [-0.39, 0.29) is 6.04 Å². The van der Waals surface area contributed by atoms with E-state index in [1.54, 1.807) is 0 Å². The van der Waals surface area contributed by atoms with Crippen LogP contribution in [0.5, 0.6) is 0 Å². The summed E-state index contributed by atoms with van der Waals surface area (Å²) in [6, 6.07) is 9.70. The van der Waals surface area contributed by atoms with E-state index in [2.05, 4.69) is 43.0 Å². The summed E-state index contributed by atoms with van der Waals surface area (Å²) in [6.07, 6.45) is 3.90. The van der Waals surface area contributed by atoms with Gasteiger partial charge in [-0.2, -0.15) is 0 Å². The normalized spacial score (nSPS) is 23.6. The first-order chi connectivity index (χ1) is 8.16. The van der Waals surface area contributed by atoms with Crippen molar-refractivity contribution in [1.82, 2.24) is 4.90 Å². The number of benzene rings is 1. The summed E-state index contributed by atoms with van der Waals surface area (Å²) in [5.41, 5.74) is 8.83. The van der Waals surface area contributed by atoms with Crippen LogP contribution in [0.15, 0.2) is 24.3 Å². The zero-order valence-corrected chi connectivity index (χ0v) is 11.0. The number of hydrogen-bond acceptors (Lipinski definition) is 2. The Bertz CT molecular complexity index is 342. The average Bonchev–Trinajstić information content (AvgIpc) is 2.32.